The summed E-state index contributed by atoms with van der Waals surface area (Å²) in [4.78, 5) is 1.94. The fourth-order valence-corrected chi connectivity index (χ4v) is 4.52. The van der Waals surface area contributed by atoms with Gasteiger partial charge in [-0.15, -0.1) is 0 Å². The first kappa shape index (κ1) is 13.3. The standard InChI is InChI=1S/C11H21NO4S/c1-12(6-9-4-2-3-5-16-9)10-7-17(14,15)8-11(10)13/h9-11,13H,2-8H2,1H3. The van der Waals surface area contributed by atoms with Gasteiger partial charge in [0.1, 0.15) is 0 Å². The third-order valence-electron chi connectivity index (χ3n) is 3.63. The van der Waals surface area contributed by atoms with Crippen LogP contribution in [-0.2, 0) is 14.6 Å². The van der Waals surface area contributed by atoms with E-state index in [0.29, 0.717) is 6.54 Å². The SMILES string of the molecule is CN(CC1CCCCO1)C1CS(=O)(=O)CC1O. The molecule has 2 aliphatic rings. The van der Waals surface area contributed by atoms with E-state index < -0.39 is 15.9 Å². The molecule has 5 nitrogen and oxygen atoms in total. The second-order valence-electron chi connectivity index (χ2n) is 5.14. The van der Waals surface area contributed by atoms with E-state index in [0.717, 1.165) is 19.4 Å². The first-order chi connectivity index (χ1) is 7.98. The molecule has 0 aromatic rings. The van der Waals surface area contributed by atoms with Crippen LogP contribution < -0.4 is 0 Å². The Morgan fingerprint density at radius 3 is 2.65 bits per heavy atom. The van der Waals surface area contributed by atoms with Gasteiger partial charge >= 0.3 is 0 Å². The first-order valence-electron chi connectivity index (χ1n) is 6.18. The lowest BCUT2D eigenvalue weighted by Crippen LogP contribution is -2.45. The van der Waals surface area contributed by atoms with Crippen molar-refractivity contribution in [1.82, 2.24) is 4.90 Å². The van der Waals surface area contributed by atoms with Crippen molar-refractivity contribution in [3.05, 3.63) is 0 Å². The Bertz CT molecular complexity index is 350. The zero-order valence-corrected chi connectivity index (χ0v) is 11.0. The average molecular weight is 263 g/mol. The molecular weight excluding hydrogens is 242 g/mol. The minimum absolute atomic E-state index is 0.0669. The molecular formula is C11H21NO4S. The first-order valence-corrected chi connectivity index (χ1v) is 8.00. The smallest absolute Gasteiger partial charge is 0.154 e. The van der Waals surface area contributed by atoms with Crippen molar-refractivity contribution in [2.45, 2.75) is 37.5 Å². The van der Waals surface area contributed by atoms with E-state index in [2.05, 4.69) is 0 Å². The number of nitrogens with zero attached hydrogens (tertiary/aromatic N) is 1. The highest BCUT2D eigenvalue weighted by Gasteiger charge is 2.39. The van der Waals surface area contributed by atoms with E-state index >= 15 is 0 Å². The fraction of sp³-hybridized carbons (Fsp3) is 1.00. The summed E-state index contributed by atoms with van der Waals surface area (Å²) in [5.41, 5.74) is 0. The number of hydrogen-bond donors (Lipinski definition) is 1. The maximum Gasteiger partial charge on any atom is 0.154 e. The molecule has 0 aliphatic carbocycles. The van der Waals surface area contributed by atoms with E-state index in [9.17, 15) is 13.5 Å². The highest BCUT2D eigenvalue weighted by atomic mass is 32.2. The number of likely N-dealkylation sites (N-methyl/N-ethyl adjacent to an activating group) is 1. The molecule has 0 amide bonds. The molecule has 0 bridgehead atoms. The number of hydrogen-bond acceptors (Lipinski definition) is 5. The van der Waals surface area contributed by atoms with Gasteiger partial charge in [-0.25, -0.2) is 8.42 Å². The quantitative estimate of drug-likeness (QED) is 0.753. The Kier molecular flexibility index (Phi) is 4.07. The topological polar surface area (TPSA) is 66.8 Å². The summed E-state index contributed by atoms with van der Waals surface area (Å²) >= 11 is 0. The predicted octanol–water partition coefficient (Wildman–Crippen LogP) is -0.355. The molecule has 0 aromatic carbocycles. The summed E-state index contributed by atoms with van der Waals surface area (Å²) in [6.45, 7) is 1.50. The number of aliphatic hydroxyl groups excluding tert-OH is 1. The number of rotatable bonds is 3. The summed E-state index contributed by atoms with van der Waals surface area (Å²) in [7, 11) is -1.20. The lowest BCUT2D eigenvalue weighted by molar-refractivity contribution is -0.0159. The monoisotopic (exact) mass is 263 g/mol. The van der Waals surface area contributed by atoms with Crippen LogP contribution in [0.4, 0.5) is 0 Å². The summed E-state index contributed by atoms with van der Waals surface area (Å²) in [6, 6.07) is -0.273. The van der Waals surface area contributed by atoms with Crippen molar-refractivity contribution in [3.8, 4) is 0 Å². The minimum Gasteiger partial charge on any atom is -0.390 e. The molecule has 2 heterocycles. The van der Waals surface area contributed by atoms with E-state index in [1.54, 1.807) is 0 Å². The second-order valence-corrected chi connectivity index (χ2v) is 7.29. The molecule has 0 saturated carbocycles. The summed E-state index contributed by atoms with van der Waals surface area (Å²) in [6.07, 6.45) is 2.74. The van der Waals surface area contributed by atoms with E-state index in [-0.39, 0.29) is 23.7 Å². The molecule has 0 spiro atoms. The zero-order chi connectivity index (χ0) is 12.5. The van der Waals surface area contributed by atoms with Gasteiger partial charge in [0, 0.05) is 13.2 Å². The van der Waals surface area contributed by atoms with Gasteiger partial charge in [0.15, 0.2) is 9.84 Å². The molecule has 2 saturated heterocycles. The third kappa shape index (κ3) is 3.40. The Balaban J connectivity index is 1.89. The fourth-order valence-electron chi connectivity index (χ4n) is 2.64. The maximum atomic E-state index is 11.4. The molecule has 2 rings (SSSR count). The zero-order valence-electron chi connectivity index (χ0n) is 10.2. The summed E-state index contributed by atoms with van der Waals surface area (Å²) in [5.74, 6) is -0.0368. The van der Waals surface area contributed by atoms with Crippen LogP contribution >= 0.6 is 0 Å². The van der Waals surface area contributed by atoms with Crippen molar-refractivity contribution in [1.29, 1.82) is 0 Å². The Hall–Kier alpha value is -0.170. The van der Waals surface area contributed by atoms with Gasteiger partial charge in [-0.2, -0.15) is 0 Å². The maximum absolute atomic E-state index is 11.4. The average Bonchev–Trinajstić information content (AvgIpc) is 2.54. The van der Waals surface area contributed by atoms with Crippen LogP contribution in [-0.4, -0.2) is 68.4 Å². The van der Waals surface area contributed by atoms with Crippen molar-refractivity contribution in [2.75, 3.05) is 31.7 Å². The van der Waals surface area contributed by atoms with Gasteiger partial charge in [0.25, 0.3) is 0 Å². The number of sulfone groups is 1. The van der Waals surface area contributed by atoms with Crippen LogP contribution in [0, 0.1) is 0 Å². The number of aliphatic hydroxyl groups is 1. The Morgan fingerprint density at radius 1 is 1.35 bits per heavy atom. The predicted molar refractivity (Wildman–Crippen MR) is 64.7 cm³/mol. The van der Waals surface area contributed by atoms with Crippen LogP contribution in [0.2, 0.25) is 0 Å². The van der Waals surface area contributed by atoms with E-state index in [1.807, 2.05) is 11.9 Å². The van der Waals surface area contributed by atoms with Gasteiger partial charge in [-0.3, -0.25) is 4.90 Å². The van der Waals surface area contributed by atoms with Gasteiger partial charge in [0.2, 0.25) is 0 Å². The number of ether oxygens (including phenoxy) is 1. The Labute approximate surface area is 103 Å². The summed E-state index contributed by atoms with van der Waals surface area (Å²) < 4.78 is 28.5. The molecule has 0 aromatic heterocycles. The molecule has 1 N–H and O–H groups in total. The third-order valence-corrected chi connectivity index (χ3v) is 5.32. The minimum atomic E-state index is -3.06. The van der Waals surface area contributed by atoms with E-state index in [4.69, 9.17) is 4.74 Å². The van der Waals surface area contributed by atoms with Gasteiger partial charge in [-0.05, 0) is 26.3 Å². The molecule has 6 heteroatoms. The van der Waals surface area contributed by atoms with Crippen molar-refractivity contribution >= 4 is 9.84 Å². The van der Waals surface area contributed by atoms with Crippen LogP contribution in [0.3, 0.4) is 0 Å². The lowest BCUT2D eigenvalue weighted by Gasteiger charge is -2.31. The largest absolute Gasteiger partial charge is 0.390 e. The molecule has 2 aliphatic heterocycles. The lowest BCUT2D eigenvalue weighted by atomic mass is 10.1. The normalized spacial score (nSPS) is 37.5. The second kappa shape index (κ2) is 5.22. The highest BCUT2D eigenvalue weighted by Crippen LogP contribution is 2.20. The van der Waals surface area contributed by atoms with Crippen LogP contribution in [0.5, 0.6) is 0 Å². The highest BCUT2D eigenvalue weighted by molar-refractivity contribution is 7.91. The van der Waals surface area contributed by atoms with Gasteiger partial charge in [-0.1, -0.05) is 0 Å². The Morgan fingerprint density at radius 2 is 2.12 bits per heavy atom. The van der Waals surface area contributed by atoms with Crippen LogP contribution in [0.25, 0.3) is 0 Å². The van der Waals surface area contributed by atoms with Crippen LogP contribution in [0.15, 0.2) is 0 Å². The molecule has 2 fully saturated rings. The molecule has 3 unspecified atom stereocenters. The molecule has 100 valence electrons. The molecule has 3 atom stereocenters. The van der Waals surface area contributed by atoms with E-state index in [1.165, 1.54) is 6.42 Å². The van der Waals surface area contributed by atoms with Crippen molar-refractivity contribution in [3.63, 3.8) is 0 Å². The van der Waals surface area contributed by atoms with Crippen LogP contribution in [0.1, 0.15) is 19.3 Å². The van der Waals surface area contributed by atoms with Crippen molar-refractivity contribution < 1.29 is 18.3 Å². The van der Waals surface area contributed by atoms with Gasteiger partial charge < -0.3 is 9.84 Å². The van der Waals surface area contributed by atoms with Gasteiger partial charge in [0.05, 0.1) is 29.8 Å². The molecule has 0 radical (unpaired) electrons. The summed E-state index contributed by atoms with van der Waals surface area (Å²) in [5, 5.41) is 9.76. The van der Waals surface area contributed by atoms with Crippen molar-refractivity contribution in [2.24, 2.45) is 0 Å². The molecule has 17 heavy (non-hydrogen) atoms.